The van der Waals surface area contributed by atoms with Crippen molar-refractivity contribution in [2.45, 2.75) is 12.8 Å². The van der Waals surface area contributed by atoms with E-state index in [4.69, 9.17) is 15.0 Å². The normalized spacial score (nSPS) is 13.1. The van der Waals surface area contributed by atoms with Crippen molar-refractivity contribution in [3.05, 3.63) is 170 Å². The fourth-order valence-electron chi connectivity index (χ4n) is 7.50. The third-order valence-electron chi connectivity index (χ3n) is 9.81. The van der Waals surface area contributed by atoms with Crippen molar-refractivity contribution < 1.29 is 0 Å². The Hall–Kier alpha value is -6.59. The van der Waals surface area contributed by atoms with Gasteiger partial charge in [0.15, 0.2) is 11.6 Å². The molecule has 0 amide bonds. The quantitative estimate of drug-likeness (QED) is 0.188. The molecule has 6 aromatic carbocycles. The van der Waals surface area contributed by atoms with Gasteiger partial charge in [-0.1, -0.05) is 140 Å². The van der Waals surface area contributed by atoms with Crippen LogP contribution in [0.2, 0.25) is 0 Å². The van der Waals surface area contributed by atoms with E-state index >= 15 is 0 Å². The molecule has 0 fully saturated rings. The fourth-order valence-corrected chi connectivity index (χ4v) is 7.50. The molecule has 9 aromatic rings. The minimum Gasteiger partial charge on any atom is -0.307 e. The summed E-state index contributed by atoms with van der Waals surface area (Å²) in [7, 11) is 0. The molecule has 3 aromatic heterocycles. The number of para-hydroxylation sites is 3. The van der Waals surface area contributed by atoms with Crippen LogP contribution in [-0.4, -0.2) is 24.1 Å². The summed E-state index contributed by atoms with van der Waals surface area (Å²) in [6.45, 7) is 0. The van der Waals surface area contributed by atoms with Crippen LogP contribution in [0.5, 0.6) is 0 Å². The number of hydrogen-bond donors (Lipinski definition) is 0. The Kier molecular flexibility index (Phi) is 6.56. The van der Waals surface area contributed by atoms with Gasteiger partial charge in [0, 0.05) is 38.4 Å². The smallest absolute Gasteiger partial charge is 0.238 e. The van der Waals surface area contributed by atoms with E-state index in [1.807, 2.05) is 6.07 Å². The Labute approximate surface area is 289 Å². The summed E-state index contributed by atoms with van der Waals surface area (Å²) in [6.07, 6.45) is 8.56. The number of hydrogen-bond acceptors (Lipinski definition) is 3. The maximum Gasteiger partial charge on any atom is 0.238 e. The molecule has 0 radical (unpaired) electrons. The standard InChI is InChI=1S/C45H31N5/c1-4-14-30(15-5-1)31-24-26-33(27-25-31)44-46-43(32-16-6-2-7-17-32)47-45(48-44)50-40-23-13-11-21-36(40)38-29-28-37-35-20-10-12-22-39(35)49(41(37)42(38)50)34-18-8-3-9-19-34/h1,3-6,8-29H,2,7H2. The van der Waals surface area contributed by atoms with Crippen molar-refractivity contribution >= 4 is 49.2 Å². The van der Waals surface area contributed by atoms with Crippen LogP contribution >= 0.6 is 0 Å². The summed E-state index contributed by atoms with van der Waals surface area (Å²) in [5, 5.41) is 4.70. The molecule has 50 heavy (non-hydrogen) atoms. The highest BCUT2D eigenvalue weighted by Crippen LogP contribution is 2.41. The van der Waals surface area contributed by atoms with Gasteiger partial charge in [-0.25, -0.2) is 4.98 Å². The summed E-state index contributed by atoms with van der Waals surface area (Å²) >= 11 is 0. The average molecular weight is 642 g/mol. The van der Waals surface area contributed by atoms with Crippen molar-refractivity contribution in [2.75, 3.05) is 0 Å². The molecule has 236 valence electrons. The van der Waals surface area contributed by atoms with E-state index in [1.165, 1.54) is 16.3 Å². The molecular weight excluding hydrogens is 611 g/mol. The molecule has 10 rings (SSSR count). The summed E-state index contributed by atoms with van der Waals surface area (Å²) in [5.74, 6) is 1.92. The van der Waals surface area contributed by atoms with Crippen molar-refractivity contribution in [2.24, 2.45) is 0 Å². The van der Waals surface area contributed by atoms with Crippen LogP contribution in [0.25, 0.3) is 83.3 Å². The first-order valence-electron chi connectivity index (χ1n) is 17.1. The summed E-state index contributed by atoms with van der Waals surface area (Å²) < 4.78 is 4.64. The first-order valence-corrected chi connectivity index (χ1v) is 17.1. The third kappa shape index (κ3) is 4.51. The highest BCUT2D eigenvalue weighted by molar-refractivity contribution is 6.23. The number of fused-ring (bicyclic) bond motifs is 7. The molecule has 0 unspecified atom stereocenters. The lowest BCUT2D eigenvalue weighted by Gasteiger charge is -2.14. The Morgan fingerprint density at radius 2 is 0.980 bits per heavy atom. The van der Waals surface area contributed by atoms with Gasteiger partial charge in [-0.15, -0.1) is 0 Å². The number of allylic oxidation sites excluding steroid dienone is 4. The second kappa shape index (κ2) is 11.5. The summed E-state index contributed by atoms with van der Waals surface area (Å²) in [5.41, 5.74) is 9.80. The van der Waals surface area contributed by atoms with Crippen LogP contribution in [0.3, 0.4) is 0 Å². The van der Waals surface area contributed by atoms with Gasteiger partial charge in [0.25, 0.3) is 0 Å². The first kappa shape index (κ1) is 28.4. The second-order valence-corrected chi connectivity index (χ2v) is 12.8. The lowest BCUT2D eigenvalue weighted by Crippen LogP contribution is -2.09. The Balaban J connectivity index is 1.30. The molecule has 5 heteroatoms. The topological polar surface area (TPSA) is 48.5 Å². The number of aromatic nitrogens is 5. The molecule has 0 aliphatic heterocycles. The highest BCUT2D eigenvalue weighted by Gasteiger charge is 2.23. The van der Waals surface area contributed by atoms with Crippen LogP contribution in [-0.2, 0) is 0 Å². The minimum absolute atomic E-state index is 0.598. The number of benzene rings is 6. The van der Waals surface area contributed by atoms with Gasteiger partial charge in [-0.3, -0.25) is 4.57 Å². The molecule has 0 N–H and O–H groups in total. The van der Waals surface area contributed by atoms with Gasteiger partial charge in [0.05, 0.1) is 22.1 Å². The third-order valence-corrected chi connectivity index (χ3v) is 9.81. The zero-order valence-electron chi connectivity index (χ0n) is 27.2. The number of nitrogens with zero attached hydrogens (tertiary/aromatic N) is 5. The second-order valence-electron chi connectivity index (χ2n) is 12.8. The minimum atomic E-state index is 0.598. The predicted octanol–water partition coefficient (Wildman–Crippen LogP) is 11.1. The lowest BCUT2D eigenvalue weighted by atomic mass is 10.0. The lowest BCUT2D eigenvalue weighted by molar-refractivity contribution is 0.928. The predicted molar refractivity (Wildman–Crippen MR) is 206 cm³/mol. The molecule has 0 spiro atoms. The van der Waals surface area contributed by atoms with Crippen molar-refractivity contribution in [3.8, 4) is 34.2 Å². The Morgan fingerprint density at radius 1 is 0.420 bits per heavy atom. The van der Waals surface area contributed by atoms with E-state index in [1.54, 1.807) is 0 Å². The molecule has 1 aliphatic carbocycles. The van der Waals surface area contributed by atoms with Gasteiger partial charge in [-0.2, -0.15) is 9.97 Å². The van der Waals surface area contributed by atoms with Gasteiger partial charge in [-0.05, 0) is 48.2 Å². The van der Waals surface area contributed by atoms with E-state index in [0.29, 0.717) is 17.6 Å². The van der Waals surface area contributed by atoms with Gasteiger partial charge in [0.1, 0.15) is 0 Å². The van der Waals surface area contributed by atoms with E-state index in [-0.39, 0.29) is 0 Å². The van der Waals surface area contributed by atoms with Gasteiger partial charge < -0.3 is 4.57 Å². The molecule has 0 saturated carbocycles. The molecule has 1 aliphatic rings. The van der Waals surface area contributed by atoms with Crippen LogP contribution < -0.4 is 0 Å². The molecular formula is C45H31N5. The molecule has 0 saturated heterocycles. The highest BCUT2D eigenvalue weighted by atomic mass is 15.2. The van der Waals surface area contributed by atoms with Crippen LogP contribution in [0.15, 0.2) is 164 Å². The van der Waals surface area contributed by atoms with E-state index in [0.717, 1.165) is 68.1 Å². The molecule has 3 heterocycles. The van der Waals surface area contributed by atoms with Crippen molar-refractivity contribution in [1.82, 2.24) is 24.1 Å². The Morgan fingerprint density at radius 3 is 1.66 bits per heavy atom. The molecule has 5 nitrogen and oxygen atoms in total. The van der Waals surface area contributed by atoms with E-state index in [9.17, 15) is 0 Å². The Bertz CT molecular complexity index is 2790. The van der Waals surface area contributed by atoms with Gasteiger partial charge in [0.2, 0.25) is 5.95 Å². The first-order chi connectivity index (χ1) is 24.8. The average Bonchev–Trinajstić information content (AvgIpc) is 3.72. The van der Waals surface area contributed by atoms with E-state index < -0.39 is 0 Å². The zero-order chi connectivity index (χ0) is 33.0. The van der Waals surface area contributed by atoms with Crippen molar-refractivity contribution in [1.29, 1.82) is 0 Å². The van der Waals surface area contributed by atoms with E-state index in [2.05, 4.69) is 167 Å². The maximum atomic E-state index is 5.29. The van der Waals surface area contributed by atoms with Crippen LogP contribution in [0.1, 0.15) is 18.7 Å². The zero-order valence-corrected chi connectivity index (χ0v) is 27.2. The van der Waals surface area contributed by atoms with Gasteiger partial charge >= 0.3 is 0 Å². The summed E-state index contributed by atoms with van der Waals surface area (Å²) in [6, 6.07) is 51.4. The SMILES string of the molecule is C1=CC(c2nc(-c3ccc(-c4ccccc4)cc3)nc(-n3c4ccccc4c4ccc5c6ccccc6n(-c6ccccc6)c5c43)n2)=CCC1. The molecule has 0 bridgehead atoms. The maximum absolute atomic E-state index is 5.29. The van der Waals surface area contributed by atoms with Crippen molar-refractivity contribution in [3.63, 3.8) is 0 Å². The van der Waals surface area contributed by atoms with Crippen LogP contribution in [0.4, 0.5) is 0 Å². The monoisotopic (exact) mass is 641 g/mol. The number of rotatable bonds is 5. The largest absolute Gasteiger partial charge is 0.307 e. The van der Waals surface area contributed by atoms with Crippen LogP contribution in [0, 0.1) is 0 Å². The molecule has 0 atom stereocenters. The summed E-state index contributed by atoms with van der Waals surface area (Å²) in [4.78, 5) is 15.7. The fraction of sp³-hybridized carbons (Fsp3) is 0.0444.